The third kappa shape index (κ3) is 3.05. The average molecular weight is 305 g/mol. The molecule has 108 valence electrons. The van der Waals surface area contributed by atoms with Gasteiger partial charge in [0.1, 0.15) is 0 Å². The summed E-state index contributed by atoms with van der Waals surface area (Å²) in [6.07, 6.45) is 2.03. The van der Waals surface area contributed by atoms with Crippen LogP contribution >= 0.6 is 11.8 Å². The van der Waals surface area contributed by atoms with Crippen molar-refractivity contribution in [2.45, 2.75) is 12.1 Å². The molecule has 1 heterocycles. The normalized spacial score (nSPS) is 10.4. The number of nitriles is 1. The zero-order valence-electron chi connectivity index (χ0n) is 12.2. The molecule has 3 aromatic rings. The van der Waals surface area contributed by atoms with Gasteiger partial charge in [0, 0.05) is 17.4 Å². The van der Waals surface area contributed by atoms with Crippen LogP contribution in [0, 0.1) is 18.3 Å². The Kier molecular flexibility index (Phi) is 4.27. The highest BCUT2D eigenvalue weighted by Gasteiger charge is 2.11. The van der Waals surface area contributed by atoms with Gasteiger partial charge in [-0.2, -0.15) is 5.26 Å². The maximum Gasteiger partial charge on any atom is 0.174 e. The Bertz CT molecular complexity index is 799. The molecule has 2 aromatic carbocycles. The molecule has 3 nitrogen and oxygen atoms in total. The van der Waals surface area contributed by atoms with Crippen LogP contribution in [0.3, 0.4) is 0 Å². The van der Waals surface area contributed by atoms with Gasteiger partial charge < -0.3 is 0 Å². The fraction of sp³-hybridized carbons (Fsp3) is 0.111. The summed E-state index contributed by atoms with van der Waals surface area (Å²) in [6, 6.07) is 20.5. The second kappa shape index (κ2) is 6.50. The second-order valence-corrected chi connectivity index (χ2v) is 5.87. The molecule has 0 unspecified atom stereocenters. The topological polar surface area (TPSA) is 41.6 Å². The van der Waals surface area contributed by atoms with Gasteiger partial charge in [-0.1, -0.05) is 59.8 Å². The molecule has 0 aliphatic heterocycles. The molecule has 0 saturated heterocycles. The lowest BCUT2D eigenvalue weighted by Crippen LogP contribution is -1.95. The summed E-state index contributed by atoms with van der Waals surface area (Å²) in [7, 11) is 0. The van der Waals surface area contributed by atoms with Crippen LogP contribution in [0.15, 0.2) is 66.0 Å². The minimum absolute atomic E-state index is 0.386. The van der Waals surface area contributed by atoms with Crippen LogP contribution < -0.4 is 0 Å². The number of nitrogens with zero attached hydrogens (tertiary/aromatic N) is 3. The lowest BCUT2D eigenvalue weighted by molar-refractivity contribution is 0.896. The van der Waals surface area contributed by atoms with Gasteiger partial charge in [-0.3, -0.25) is 4.57 Å². The van der Waals surface area contributed by atoms with E-state index < -0.39 is 0 Å². The highest BCUT2D eigenvalue weighted by Crippen LogP contribution is 2.27. The Balaban J connectivity index is 2.05. The smallest absolute Gasteiger partial charge is 0.174 e. The molecule has 0 bridgehead atoms. The second-order valence-electron chi connectivity index (χ2n) is 4.93. The summed E-state index contributed by atoms with van der Waals surface area (Å²) >= 11 is 1.45. The lowest BCUT2D eigenvalue weighted by Gasteiger charge is -2.06. The summed E-state index contributed by atoms with van der Waals surface area (Å²) in [4.78, 5) is 4.69. The third-order valence-corrected chi connectivity index (χ3v) is 4.14. The number of imidazole rings is 1. The highest BCUT2D eigenvalue weighted by molar-refractivity contribution is 7.99. The number of hydrogen-bond donors (Lipinski definition) is 0. The fourth-order valence-corrected chi connectivity index (χ4v) is 2.85. The maximum absolute atomic E-state index is 8.84. The number of aromatic nitrogens is 2. The molecule has 0 aliphatic carbocycles. The van der Waals surface area contributed by atoms with Gasteiger partial charge in [0.05, 0.1) is 17.5 Å². The van der Waals surface area contributed by atoms with Crippen LogP contribution in [0.1, 0.15) is 5.56 Å². The van der Waals surface area contributed by atoms with E-state index in [9.17, 15) is 0 Å². The van der Waals surface area contributed by atoms with Gasteiger partial charge in [-0.25, -0.2) is 4.98 Å². The number of hydrogen-bond acceptors (Lipinski definition) is 3. The number of thioether (sulfide) groups is 1. The number of aryl methyl sites for hydroxylation is 1. The predicted octanol–water partition coefficient (Wildman–Crippen LogP) is 4.46. The van der Waals surface area contributed by atoms with E-state index in [2.05, 4.69) is 37.3 Å². The van der Waals surface area contributed by atoms with Crippen molar-refractivity contribution in [3.05, 3.63) is 66.4 Å². The summed E-state index contributed by atoms with van der Waals surface area (Å²) < 4.78 is 2.05. The third-order valence-electron chi connectivity index (χ3n) is 3.32. The first-order chi connectivity index (χ1) is 10.8. The monoisotopic (exact) mass is 305 g/mol. The van der Waals surface area contributed by atoms with Crippen molar-refractivity contribution in [1.82, 2.24) is 9.55 Å². The van der Waals surface area contributed by atoms with Gasteiger partial charge >= 0.3 is 0 Å². The quantitative estimate of drug-likeness (QED) is 0.668. The van der Waals surface area contributed by atoms with Crippen molar-refractivity contribution in [2.24, 2.45) is 0 Å². The van der Waals surface area contributed by atoms with E-state index in [1.54, 1.807) is 0 Å². The first kappa shape index (κ1) is 14.4. The van der Waals surface area contributed by atoms with Gasteiger partial charge in [-0.15, -0.1) is 0 Å². The van der Waals surface area contributed by atoms with Crippen LogP contribution in [0.4, 0.5) is 0 Å². The zero-order chi connectivity index (χ0) is 15.4. The minimum Gasteiger partial charge on any atom is -0.294 e. The molecule has 0 N–H and O–H groups in total. The van der Waals surface area contributed by atoms with Crippen molar-refractivity contribution in [3.63, 3.8) is 0 Å². The summed E-state index contributed by atoms with van der Waals surface area (Å²) in [5.74, 6) is 0.386. The van der Waals surface area contributed by atoms with Crippen molar-refractivity contribution in [3.8, 4) is 23.0 Å². The maximum atomic E-state index is 8.84. The van der Waals surface area contributed by atoms with Gasteiger partial charge in [0.15, 0.2) is 5.16 Å². The van der Waals surface area contributed by atoms with E-state index in [4.69, 9.17) is 10.2 Å². The average Bonchev–Trinajstić information content (AvgIpc) is 2.98. The highest BCUT2D eigenvalue weighted by atomic mass is 32.2. The van der Waals surface area contributed by atoms with Crippen LogP contribution in [0.2, 0.25) is 0 Å². The molecular weight excluding hydrogens is 290 g/mol. The van der Waals surface area contributed by atoms with Gasteiger partial charge in [0.2, 0.25) is 0 Å². The molecule has 0 amide bonds. The van der Waals surface area contributed by atoms with Crippen LogP contribution in [-0.4, -0.2) is 15.3 Å². The summed E-state index contributed by atoms with van der Waals surface area (Å²) in [5.41, 5.74) is 4.27. The van der Waals surface area contributed by atoms with Crippen LogP contribution in [-0.2, 0) is 0 Å². The van der Waals surface area contributed by atoms with Crippen molar-refractivity contribution in [2.75, 3.05) is 5.75 Å². The molecule has 0 aliphatic rings. The predicted molar refractivity (Wildman–Crippen MR) is 90.1 cm³/mol. The SMILES string of the molecule is Cc1ccc(-n2cc(-c3ccccc3)nc2SCC#N)cc1. The van der Waals surface area contributed by atoms with E-state index >= 15 is 0 Å². The molecule has 0 atom stereocenters. The largest absolute Gasteiger partial charge is 0.294 e. The number of rotatable bonds is 4. The molecule has 4 heteroatoms. The number of benzene rings is 2. The Labute approximate surface area is 134 Å². The van der Waals surface area contributed by atoms with Crippen LogP contribution in [0.25, 0.3) is 16.9 Å². The molecule has 22 heavy (non-hydrogen) atoms. The van der Waals surface area contributed by atoms with Crippen molar-refractivity contribution >= 4 is 11.8 Å². The van der Waals surface area contributed by atoms with E-state index in [0.29, 0.717) is 5.75 Å². The Morgan fingerprint density at radius 3 is 2.50 bits per heavy atom. The van der Waals surface area contributed by atoms with Gasteiger partial charge in [0.25, 0.3) is 0 Å². The van der Waals surface area contributed by atoms with E-state index in [1.807, 2.05) is 41.1 Å². The standard InChI is InChI=1S/C18H15N3S/c1-14-7-9-16(10-8-14)21-13-17(15-5-3-2-4-6-15)20-18(21)22-12-11-19/h2-10,13H,12H2,1H3. The van der Waals surface area contributed by atoms with Gasteiger partial charge in [-0.05, 0) is 19.1 Å². The Morgan fingerprint density at radius 1 is 1.09 bits per heavy atom. The van der Waals surface area contributed by atoms with E-state index in [1.165, 1.54) is 17.3 Å². The molecule has 0 spiro atoms. The lowest BCUT2D eigenvalue weighted by atomic mass is 10.2. The van der Waals surface area contributed by atoms with E-state index in [-0.39, 0.29) is 0 Å². The molecular formula is C18H15N3S. The molecule has 0 radical (unpaired) electrons. The Hall–Kier alpha value is -2.51. The first-order valence-corrected chi connectivity index (χ1v) is 7.98. The molecule has 0 fully saturated rings. The van der Waals surface area contributed by atoms with E-state index in [0.717, 1.165) is 22.1 Å². The summed E-state index contributed by atoms with van der Waals surface area (Å²) in [6.45, 7) is 2.07. The first-order valence-electron chi connectivity index (χ1n) is 6.99. The minimum atomic E-state index is 0.386. The van der Waals surface area contributed by atoms with Crippen molar-refractivity contribution in [1.29, 1.82) is 5.26 Å². The van der Waals surface area contributed by atoms with Crippen molar-refractivity contribution < 1.29 is 0 Å². The zero-order valence-corrected chi connectivity index (χ0v) is 13.0. The fourth-order valence-electron chi connectivity index (χ4n) is 2.20. The molecule has 3 rings (SSSR count). The summed E-state index contributed by atoms with van der Waals surface area (Å²) in [5, 5.41) is 9.68. The van der Waals surface area contributed by atoms with Crippen LogP contribution in [0.5, 0.6) is 0 Å². The Morgan fingerprint density at radius 2 is 1.82 bits per heavy atom. The molecule has 0 saturated carbocycles. The molecule has 1 aromatic heterocycles.